The van der Waals surface area contributed by atoms with E-state index in [4.69, 9.17) is 9.47 Å². The van der Waals surface area contributed by atoms with Crippen LogP contribution < -0.4 is 21.3 Å². The fraction of sp³-hybridized carbons (Fsp3) is 0.586. The molecule has 2 aromatic carbocycles. The molecule has 22 nitrogen and oxygen atoms in total. The Kier molecular flexibility index (Phi) is 20.5. The van der Waals surface area contributed by atoms with Crippen molar-refractivity contribution in [2.75, 3.05) is 39.3 Å². The number of urea groups is 2. The summed E-state index contributed by atoms with van der Waals surface area (Å²) in [4.78, 5) is 140. The Bertz CT molecular complexity index is 2490. The number of hydrogen-bond donors (Lipinski definition) is 4. The first-order valence-corrected chi connectivity index (χ1v) is 27.9. The first-order valence-electron chi connectivity index (χ1n) is 27.9. The molecule has 0 bridgehead atoms. The van der Waals surface area contributed by atoms with Crippen LogP contribution in [0.15, 0.2) is 60.7 Å². The van der Waals surface area contributed by atoms with Crippen LogP contribution in [0, 0.1) is 0 Å². The molecule has 80 heavy (non-hydrogen) atoms. The number of carbonyl (C=O) groups is 8. The summed E-state index contributed by atoms with van der Waals surface area (Å²) in [6, 6.07) is 13.2. The van der Waals surface area contributed by atoms with E-state index in [1.165, 1.54) is 31.8 Å². The third kappa shape index (κ3) is 17.8. The van der Waals surface area contributed by atoms with E-state index in [2.05, 4.69) is 21.3 Å². The van der Waals surface area contributed by atoms with E-state index in [1.807, 2.05) is 48.5 Å². The molecule has 5 aliphatic rings. The number of ether oxygens (including phenoxy) is 2. The van der Waals surface area contributed by atoms with Gasteiger partial charge in [-0.3, -0.25) is 39.6 Å². The number of hydrogen-bond acceptors (Lipinski definition) is 14. The van der Waals surface area contributed by atoms with Crippen molar-refractivity contribution in [1.29, 1.82) is 0 Å². The number of benzene rings is 2. The molecule has 2 saturated carbocycles. The number of likely N-dealkylation sites (tertiary alicyclic amines) is 2. The van der Waals surface area contributed by atoms with Crippen LogP contribution in [0.4, 0.5) is 19.2 Å². The number of rotatable bonds is 20. The van der Waals surface area contributed by atoms with Crippen LogP contribution in [-0.4, -0.2) is 176 Å². The van der Waals surface area contributed by atoms with Gasteiger partial charge in [-0.2, -0.15) is 0 Å². The summed E-state index contributed by atoms with van der Waals surface area (Å²) in [6.07, 6.45) is 4.06. The zero-order chi connectivity index (χ0) is 57.7. The van der Waals surface area contributed by atoms with E-state index in [-0.39, 0.29) is 125 Å². The quantitative estimate of drug-likeness (QED) is 0.131. The summed E-state index contributed by atoms with van der Waals surface area (Å²) in [5, 5.41) is 12.1. The monoisotopic (exact) mass is 1110 g/mol. The highest BCUT2D eigenvalue weighted by atomic mass is 16.6. The largest absolute Gasteiger partial charge is 0.444 e. The predicted molar refractivity (Wildman–Crippen MR) is 293 cm³/mol. The summed E-state index contributed by atoms with van der Waals surface area (Å²) >= 11 is 0. The van der Waals surface area contributed by atoms with Gasteiger partial charge in [0.05, 0.1) is 0 Å². The van der Waals surface area contributed by atoms with Crippen molar-refractivity contribution >= 4 is 59.8 Å². The molecule has 0 aromatic heterocycles. The molecule has 2 aliphatic carbocycles. The summed E-state index contributed by atoms with van der Waals surface area (Å²) in [7, 11) is 0. The second-order valence-corrected chi connectivity index (χ2v) is 23.2. The van der Waals surface area contributed by atoms with E-state index in [0.717, 1.165) is 47.9 Å². The molecule has 2 aromatic rings. The molecule has 3 aliphatic heterocycles. The lowest BCUT2D eigenvalue weighted by Crippen LogP contribution is -2.57. The van der Waals surface area contributed by atoms with Crippen LogP contribution in [-0.2, 0) is 64.2 Å². The SMILES string of the molecule is CC(C)(C)OC(=O)NCc1ccc(CCC(=O)N(C(=O)N2CCC(NC(C=C=O)N3CCC(=O)N(C(C=C=O)NC4CCN(C(=O)N(C(=O)CCc5ccc(CNC(=O)OC(C)(C)C)cc5)C5CC5)C4)CCC3=O)C2)C2CC2)cc1. The average molecular weight is 1110 g/mol. The zero-order valence-corrected chi connectivity index (χ0v) is 47.0. The summed E-state index contributed by atoms with van der Waals surface area (Å²) in [5.41, 5.74) is 2.32. The van der Waals surface area contributed by atoms with Gasteiger partial charge in [0, 0.05) is 114 Å². The van der Waals surface area contributed by atoms with Crippen LogP contribution >= 0.6 is 0 Å². The smallest absolute Gasteiger partial charge is 0.407 e. The maximum atomic E-state index is 14.0. The molecule has 7 rings (SSSR count). The van der Waals surface area contributed by atoms with Gasteiger partial charge in [-0.1, -0.05) is 48.5 Å². The standard InChI is InChI=1S/C58H78N10O12/c1-57(2,3)79-53(75)59-35-41-11-7-39(8-12-41)15-21-51(73)67(45-17-18-45)55(77)63-29-23-43(37-63)61-47(27-33-69)65-31-25-50(72)66(32-26-49(65)71)48(28-34-70)62-44-24-30-64(38-44)56(78)68(46-19-20-46)52(74)22-16-40-9-13-42(14-10-40)36-60-54(76)80-58(4,5)6/h7-14,27-28,43-48,61-62H,15-26,29-32,35-38H2,1-6H3,(H,59,75)(H,60,76). The third-order valence-electron chi connectivity index (χ3n) is 14.4. The van der Waals surface area contributed by atoms with E-state index < -0.39 is 35.7 Å². The Morgan fingerprint density at radius 2 is 0.912 bits per heavy atom. The van der Waals surface area contributed by atoms with Gasteiger partial charge in [-0.25, -0.2) is 28.8 Å². The Hall–Kier alpha value is -7.38. The maximum Gasteiger partial charge on any atom is 0.407 e. The van der Waals surface area contributed by atoms with E-state index in [0.29, 0.717) is 38.8 Å². The Labute approximate surface area is 467 Å². The molecule has 3 saturated heterocycles. The van der Waals surface area contributed by atoms with Crippen molar-refractivity contribution in [3.63, 3.8) is 0 Å². The topological polar surface area (TPSA) is 257 Å². The van der Waals surface area contributed by atoms with Gasteiger partial charge >= 0.3 is 24.2 Å². The minimum atomic E-state index is -0.944. The highest BCUT2D eigenvalue weighted by Crippen LogP contribution is 2.31. The van der Waals surface area contributed by atoms with E-state index in [1.54, 1.807) is 63.2 Å². The minimum absolute atomic E-state index is 0.0675. The summed E-state index contributed by atoms with van der Waals surface area (Å²) < 4.78 is 10.6. The molecule has 10 amide bonds. The van der Waals surface area contributed by atoms with Crippen molar-refractivity contribution in [2.24, 2.45) is 0 Å². The number of aryl methyl sites for hydroxylation is 2. The first-order chi connectivity index (χ1) is 38.1. The fourth-order valence-corrected chi connectivity index (χ4v) is 10.0. The minimum Gasteiger partial charge on any atom is -0.444 e. The normalized spacial score (nSPS) is 19.4. The van der Waals surface area contributed by atoms with E-state index in [9.17, 15) is 47.9 Å². The second kappa shape index (κ2) is 27.2. The molecule has 0 spiro atoms. The van der Waals surface area contributed by atoms with E-state index >= 15 is 0 Å². The van der Waals surface area contributed by atoms with Crippen molar-refractivity contribution in [2.45, 2.75) is 179 Å². The summed E-state index contributed by atoms with van der Waals surface area (Å²) in [6.45, 7) is 12.3. The number of amides is 10. The Balaban J connectivity index is 0.864. The number of alkyl carbamates (subject to hydrolysis) is 2. The Morgan fingerprint density at radius 3 is 1.24 bits per heavy atom. The van der Waals surface area contributed by atoms with Crippen molar-refractivity contribution in [3.05, 3.63) is 82.9 Å². The molecule has 22 heteroatoms. The lowest BCUT2D eigenvalue weighted by Gasteiger charge is -2.37. The van der Waals surface area contributed by atoms with Crippen molar-refractivity contribution in [1.82, 2.24) is 50.7 Å². The Morgan fingerprint density at radius 1 is 0.562 bits per heavy atom. The number of nitrogens with one attached hydrogen (secondary N) is 4. The van der Waals surface area contributed by atoms with Crippen LogP contribution in [0.3, 0.4) is 0 Å². The van der Waals surface area contributed by atoms with Gasteiger partial charge in [0.2, 0.25) is 23.6 Å². The molecule has 4 unspecified atom stereocenters. The highest BCUT2D eigenvalue weighted by Gasteiger charge is 2.43. The predicted octanol–water partition coefficient (Wildman–Crippen LogP) is 4.73. The molecule has 3 heterocycles. The average Bonchev–Trinajstić information content (AvgIpc) is 4.33. The maximum absolute atomic E-state index is 14.0. The molecule has 5 fully saturated rings. The van der Waals surface area contributed by atoms with Crippen molar-refractivity contribution < 1.29 is 57.4 Å². The molecular formula is C58H78N10O12. The fourth-order valence-electron chi connectivity index (χ4n) is 10.0. The van der Waals surface area contributed by atoms with Crippen LogP contribution in [0.25, 0.3) is 0 Å². The second-order valence-electron chi connectivity index (χ2n) is 23.2. The van der Waals surface area contributed by atoms with Gasteiger partial charge in [0.15, 0.2) is 0 Å². The van der Waals surface area contributed by atoms with Gasteiger partial charge in [0.25, 0.3) is 0 Å². The van der Waals surface area contributed by atoms with Crippen molar-refractivity contribution in [3.8, 4) is 0 Å². The van der Waals surface area contributed by atoms with Gasteiger partial charge in [-0.05, 0) is 115 Å². The molecular weight excluding hydrogens is 1030 g/mol. The molecule has 4 atom stereocenters. The first kappa shape index (κ1) is 60.3. The molecule has 4 N–H and O–H groups in total. The summed E-state index contributed by atoms with van der Waals surface area (Å²) in [5.74, 6) is 2.29. The number of carbonyl (C=O) groups excluding carboxylic acids is 10. The van der Waals surface area contributed by atoms with Gasteiger partial charge in [-0.15, -0.1) is 0 Å². The van der Waals surface area contributed by atoms with Crippen LogP contribution in [0.2, 0.25) is 0 Å². The third-order valence-corrected chi connectivity index (χ3v) is 14.4. The molecule has 0 radical (unpaired) electrons. The van der Waals surface area contributed by atoms with Gasteiger partial charge in [0.1, 0.15) is 35.4 Å². The highest BCUT2D eigenvalue weighted by molar-refractivity contribution is 5.96. The number of nitrogens with zero attached hydrogens (tertiary/aromatic N) is 6. The van der Waals surface area contributed by atoms with Gasteiger partial charge < -0.3 is 39.7 Å². The lowest BCUT2D eigenvalue weighted by molar-refractivity contribution is -0.142. The molecule has 432 valence electrons. The van der Waals surface area contributed by atoms with Crippen LogP contribution in [0.5, 0.6) is 0 Å². The lowest BCUT2D eigenvalue weighted by atomic mass is 10.1. The number of imide groups is 2. The van der Waals surface area contributed by atoms with Crippen LogP contribution in [0.1, 0.15) is 128 Å². The zero-order valence-electron chi connectivity index (χ0n) is 47.0.